The van der Waals surface area contributed by atoms with Crippen molar-refractivity contribution in [2.24, 2.45) is 5.41 Å². The van der Waals surface area contributed by atoms with Crippen LogP contribution in [0.15, 0.2) is 24.5 Å². The maximum absolute atomic E-state index is 14.8. The lowest BCUT2D eigenvalue weighted by molar-refractivity contribution is -0.132. The van der Waals surface area contributed by atoms with E-state index in [2.05, 4.69) is 15.2 Å². The van der Waals surface area contributed by atoms with Crippen molar-refractivity contribution in [1.29, 1.82) is 5.26 Å². The Kier molecular flexibility index (Phi) is 6.52. The molecular formula is C23H30F2N6O2. The summed E-state index contributed by atoms with van der Waals surface area (Å²) in [6.07, 6.45) is 7.57. The molecule has 2 aliphatic heterocycles. The minimum atomic E-state index is -3.27. The summed E-state index contributed by atoms with van der Waals surface area (Å²) in [5, 5.41) is 11.5. The van der Waals surface area contributed by atoms with Gasteiger partial charge in [-0.2, -0.15) is 5.26 Å². The van der Waals surface area contributed by atoms with Crippen LogP contribution in [0.25, 0.3) is 0 Å². The molecule has 1 aromatic heterocycles. The summed E-state index contributed by atoms with van der Waals surface area (Å²) in [6.45, 7) is 3.21. The molecule has 3 amide bonds. The second kappa shape index (κ2) is 9.21. The number of likely N-dealkylation sites (N-methyl/N-ethyl adjacent to an activating group) is 1. The molecule has 0 radical (unpaired) electrons. The lowest BCUT2D eigenvalue weighted by Gasteiger charge is -2.54. The van der Waals surface area contributed by atoms with E-state index in [0.29, 0.717) is 23.6 Å². The van der Waals surface area contributed by atoms with E-state index in [1.165, 1.54) is 38.3 Å². The van der Waals surface area contributed by atoms with E-state index in [1.807, 2.05) is 0 Å². The third-order valence-corrected chi connectivity index (χ3v) is 7.03. The monoisotopic (exact) mass is 460 g/mol. The Labute approximate surface area is 192 Å². The zero-order chi connectivity index (χ0) is 23.6. The number of carbonyl (C=O) groups excluding carboxylic acids is 2. The van der Waals surface area contributed by atoms with Gasteiger partial charge in [0.2, 0.25) is 0 Å². The molecule has 0 aromatic carbocycles. The predicted molar refractivity (Wildman–Crippen MR) is 116 cm³/mol. The van der Waals surface area contributed by atoms with Gasteiger partial charge in [0.15, 0.2) is 6.19 Å². The van der Waals surface area contributed by atoms with Crippen LogP contribution in [-0.2, 0) is 11.2 Å². The van der Waals surface area contributed by atoms with Crippen molar-refractivity contribution in [2.75, 3.05) is 33.2 Å². The molecule has 3 aliphatic rings. The quantitative estimate of drug-likeness (QED) is 0.498. The molecule has 33 heavy (non-hydrogen) atoms. The van der Waals surface area contributed by atoms with Crippen molar-refractivity contribution < 1.29 is 18.4 Å². The van der Waals surface area contributed by atoms with Crippen molar-refractivity contribution in [3.63, 3.8) is 0 Å². The summed E-state index contributed by atoms with van der Waals surface area (Å²) in [6, 6.07) is 1.80. The third-order valence-electron chi connectivity index (χ3n) is 7.03. The van der Waals surface area contributed by atoms with Crippen LogP contribution in [0, 0.1) is 16.9 Å². The summed E-state index contributed by atoms with van der Waals surface area (Å²) < 4.78 is 29.6. The average Bonchev–Trinajstić information content (AvgIpc) is 3.61. The Bertz CT molecular complexity index is 901. The number of aromatic nitrogens is 1. The molecule has 3 heterocycles. The van der Waals surface area contributed by atoms with Crippen LogP contribution in [0.1, 0.15) is 37.7 Å². The Morgan fingerprint density at radius 1 is 1.36 bits per heavy atom. The second-order valence-electron chi connectivity index (χ2n) is 9.72. The molecule has 3 fully saturated rings. The zero-order valence-corrected chi connectivity index (χ0v) is 18.8. The van der Waals surface area contributed by atoms with Crippen LogP contribution in [0.2, 0.25) is 0 Å². The highest BCUT2D eigenvalue weighted by Crippen LogP contribution is 2.42. The van der Waals surface area contributed by atoms with E-state index in [0.717, 1.165) is 32.0 Å². The number of alkyl halides is 2. The Hall–Kier alpha value is -2.80. The van der Waals surface area contributed by atoms with Crippen molar-refractivity contribution in [1.82, 2.24) is 25.0 Å². The van der Waals surface area contributed by atoms with Gasteiger partial charge in [-0.05, 0) is 50.4 Å². The fourth-order valence-electron chi connectivity index (χ4n) is 4.92. The number of piperidine rings is 1. The summed E-state index contributed by atoms with van der Waals surface area (Å²) in [5.74, 6) is -4.12. The highest BCUT2D eigenvalue weighted by atomic mass is 19.3. The summed E-state index contributed by atoms with van der Waals surface area (Å²) in [5.41, 5.74) is 0.423. The molecule has 10 heteroatoms. The van der Waals surface area contributed by atoms with E-state index in [4.69, 9.17) is 5.26 Å². The Balaban J connectivity index is 1.35. The Morgan fingerprint density at radius 3 is 2.64 bits per heavy atom. The topological polar surface area (TPSA) is 92.6 Å². The Morgan fingerprint density at radius 2 is 2.06 bits per heavy atom. The molecule has 1 spiro atoms. The largest absolute Gasteiger partial charge is 0.326 e. The maximum Gasteiger partial charge on any atom is 0.318 e. The number of nitrogens with one attached hydrogen (secondary N) is 1. The van der Waals surface area contributed by atoms with Gasteiger partial charge in [-0.15, -0.1) is 0 Å². The van der Waals surface area contributed by atoms with Crippen LogP contribution in [0.4, 0.5) is 13.6 Å². The number of pyridine rings is 1. The average molecular weight is 461 g/mol. The number of amides is 3. The van der Waals surface area contributed by atoms with Crippen molar-refractivity contribution in [3.05, 3.63) is 30.1 Å². The number of nitrogens with zero attached hydrogens (tertiary/aromatic N) is 5. The standard InChI is InChI=1S/C23H30F2N6O2/c1-29(16-26)20(32)19(12-23(24,25)11-17-3-2-8-27-13-17)28-21(33)31-14-22(15-31)6-9-30(10-7-22)18-4-5-18/h2-3,8,13,18-19H,4-7,9-12,14-15H2,1H3,(H,28,33)/t19-/m0/s1. The SMILES string of the molecule is CN(C#N)C(=O)[C@H](CC(F)(F)Cc1cccnc1)NC(=O)N1CC2(CCN(C3CC3)CC2)C1. The summed E-state index contributed by atoms with van der Waals surface area (Å²) >= 11 is 0. The number of rotatable bonds is 7. The van der Waals surface area contributed by atoms with Gasteiger partial charge in [-0.1, -0.05) is 6.07 Å². The fraction of sp³-hybridized carbons (Fsp3) is 0.652. The molecule has 1 aromatic rings. The number of likely N-dealkylation sites (tertiary alicyclic amines) is 2. The van der Waals surface area contributed by atoms with Gasteiger partial charge in [0.1, 0.15) is 6.04 Å². The van der Waals surface area contributed by atoms with Gasteiger partial charge in [-0.3, -0.25) is 14.7 Å². The number of halogens is 2. The van der Waals surface area contributed by atoms with Crippen LogP contribution in [-0.4, -0.2) is 82.9 Å². The number of hydrogen-bond donors (Lipinski definition) is 1. The summed E-state index contributed by atoms with van der Waals surface area (Å²) in [7, 11) is 1.20. The lowest BCUT2D eigenvalue weighted by Crippen LogP contribution is -2.65. The predicted octanol–water partition coefficient (Wildman–Crippen LogP) is 2.23. The molecule has 1 aliphatic carbocycles. The first kappa shape index (κ1) is 23.4. The molecule has 8 nitrogen and oxygen atoms in total. The molecule has 1 saturated carbocycles. The number of carbonyl (C=O) groups is 2. The molecule has 4 rings (SSSR count). The highest BCUT2D eigenvalue weighted by Gasteiger charge is 2.49. The minimum Gasteiger partial charge on any atom is -0.326 e. The van der Waals surface area contributed by atoms with Crippen LogP contribution < -0.4 is 5.32 Å². The molecule has 0 unspecified atom stereocenters. The van der Waals surface area contributed by atoms with Crippen LogP contribution in [0.5, 0.6) is 0 Å². The molecule has 0 bridgehead atoms. The third kappa shape index (κ3) is 5.58. The van der Waals surface area contributed by atoms with Crippen LogP contribution in [0.3, 0.4) is 0 Å². The smallest absolute Gasteiger partial charge is 0.318 e. The first-order valence-corrected chi connectivity index (χ1v) is 11.4. The zero-order valence-electron chi connectivity index (χ0n) is 18.8. The van der Waals surface area contributed by atoms with Gasteiger partial charge in [0.25, 0.3) is 11.8 Å². The van der Waals surface area contributed by atoms with E-state index in [-0.39, 0.29) is 5.41 Å². The van der Waals surface area contributed by atoms with Crippen molar-refractivity contribution >= 4 is 11.9 Å². The normalized spacial score (nSPS) is 21.1. The van der Waals surface area contributed by atoms with Gasteiger partial charge in [0.05, 0.1) is 0 Å². The van der Waals surface area contributed by atoms with E-state index in [1.54, 1.807) is 17.2 Å². The summed E-state index contributed by atoms with van der Waals surface area (Å²) in [4.78, 5) is 34.0. The molecule has 2 saturated heterocycles. The number of nitriles is 1. The molecule has 1 atom stereocenters. The van der Waals surface area contributed by atoms with E-state index in [9.17, 15) is 18.4 Å². The number of urea groups is 1. The second-order valence-corrected chi connectivity index (χ2v) is 9.72. The van der Waals surface area contributed by atoms with Crippen molar-refractivity contribution in [3.8, 4) is 6.19 Å². The van der Waals surface area contributed by atoms with Gasteiger partial charge in [-0.25, -0.2) is 13.6 Å². The highest BCUT2D eigenvalue weighted by molar-refractivity contribution is 5.88. The van der Waals surface area contributed by atoms with E-state index < -0.39 is 36.7 Å². The first-order chi connectivity index (χ1) is 15.7. The fourth-order valence-corrected chi connectivity index (χ4v) is 4.92. The van der Waals surface area contributed by atoms with E-state index >= 15 is 0 Å². The lowest BCUT2D eigenvalue weighted by atomic mass is 9.72. The molecule has 178 valence electrons. The van der Waals surface area contributed by atoms with Gasteiger partial charge >= 0.3 is 6.03 Å². The van der Waals surface area contributed by atoms with Crippen LogP contribution >= 0.6 is 0 Å². The molecular weight excluding hydrogens is 430 g/mol. The first-order valence-electron chi connectivity index (χ1n) is 11.4. The number of hydrogen-bond acceptors (Lipinski definition) is 5. The van der Waals surface area contributed by atoms with Gasteiger partial charge in [0, 0.05) is 56.8 Å². The maximum atomic E-state index is 14.8. The van der Waals surface area contributed by atoms with Gasteiger partial charge < -0.3 is 15.1 Å². The minimum absolute atomic E-state index is 0.0932. The van der Waals surface area contributed by atoms with Crippen molar-refractivity contribution in [2.45, 2.75) is 56.5 Å². The molecule has 1 N–H and O–H groups in total.